The molecular weight excluding hydrogens is 478 g/mol. The Bertz CT molecular complexity index is 839. The molecule has 0 unspecified atom stereocenters. The van der Waals surface area contributed by atoms with Gasteiger partial charge in [0, 0.05) is 0 Å². The Morgan fingerprint density at radius 2 is 1.04 bits per heavy atom. The van der Waals surface area contributed by atoms with Crippen molar-refractivity contribution in [1.29, 1.82) is 0 Å². The zero-order valence-electron chi connectivity index (χ0n) is 16.3. The van der Waals surface area contributed by atoms with Gasteiger partial charge in [-0.1, -0.05) is 0 Å². The first-order chi connectivity index (χ1) is 12.8. The topological polar surface area (TPSA) is 0 Å². The van der Waals surface area contributed by atoms with Crippen LogP contribution >= 0.6 is 0 Å². The van der Waals surface area contributed by atoms with Crippen LogP contribution in [-0.2, 0) is 20.9 Å². The smallest absolute Gasteiger partial charge is 1.00 e. The van der Waals surface area contributed by atoms with Crippen molar-refractivity contribution in [3.05, 3.63) is 103 Å². The molecule has 4 rings (SSSR count). The summed E-state index contributed by atoms with van der Waals surface area (Å²) in [6.45, 7) is 4.69. The number of allylic oxidation sites excluding steroid dienone is 8. The molecule has 0 radical (unpaired) electrons. The van der Waals surface area contributed by atoms with E-state index in [0.717, 1.165) is 0 Å². The molecule has 0 amide bonds. The molecule has 0 nitrogen and oxygen atoms in total. The fourth-order valence-corrected chi connectivity index (χ4v) is 29.2. The Kier molecular flexibility index (Phi) is 8.96. The third-order valence-electron chi connectivity index (χ3n) is 5.54. The van der Waals surface area contributed by atoms with E-state index in [0.29, 0.717) is 0 Å². The third kappa shape index (κ3) is 4.79. The summed E-state index contributed by atoms with van der Waals surface area (Å²) < 4.78 is 3.68. The maximum absolute atomic E-state index is 2.40. The minimum absolute atomic E-state index is 0. The van der Waals surface area contributed by atoms with Crippen molar-refractivity contribution in [2.24, 2.45) is 0 Å². The van der Waals surface area contributed by atoms with Crippen LogP contribution in [0.5, 0.6) is 0 Å². The van der Waals surface area contributed by atoms with Gasteiger partial charge in [0.25, 0.3) is 0 Å². The van der Waals surface area contributed by atoms with Gasteiger partial charge in [-0.25, -0.2) is 0 Å². The van der Waals surface area contributed by atoms with Crippen LogP contribution in [0.15, 0.2) is 103 Å². The molecule has 0 saturated heterocycles. The van der Waals surface area contributed by atoms with Crippen LogP contribution in [0.2, 0.25) is 0 Å². The maximum atomic E-state index is 2.40. The maximum Gasteiger partial charge on any atom is -1.00 e. The Morgan fingerprint density at radius 1 is 0.643 bits per heavy atom. The van der Waals surface area contributed by atoms with E-state index in [1.165, 1.54) is 12.8 Å². The van der Waals surface area contributed by atoms with Gasteiger partial charge in [0.2, 0.25) is 0 Å². The van der Waals surface area contributed by atoms with Gasteiger partial charge in [-0.2, -0.15) is 0 Å². The summed E-state index contributed by atoms with van der Waals surface area (Å²) in [6, 6.07) is 22.9. The van der Waals surface area contributed by atoms with Crippen LogP contribution < -0.4 is 35.2 Å². The summed E-state index contributed by atoms with van der Waals surface area (Å²) in [5, 5.41) is 3.26. The van der Waals surface area contributed by atoms with E-state index < -0.39 is 26.8 Å². The second kappa shape index (κ2) is 10.7. The summed E-state index contributed by atoms with van der Waals surface area (Å²) >= 11 is -2.00. The van der Waals surface area contributed by atoms with Crippen LogP contribution in [0.3, 0.4) is 0 Å². The molecule has 0 fully saturated rings. The fourth-order valence-electron chi connectivity index (χ4n) is 4.22. The van der Waals surface area contributed by atoms with E-state index in [4.69, 9.17) is 0 Å². The van der Waals surface area contributed by atoms with Gasteiger partial charge < -0.3 is 24.8 Å². The summed E-state index contributed by atoms with van der Waals surface area (Å²) in [5.41, 5.74) is 3.13. The molecule has 0 aromatic heterocycles. The number of hydrogen-bond acceptors (Lipinski definition) is 0. The van der Waals surface area contributed by atoms with Crippen LogP contribution in [0.1, 0.15) is 26.7 Å². The summed E-state index contributed by atoms with van der Waals surface area (Å²) in [6.07, 6.45) is 11.9. The fraction of sp³-hybridized carbons (Fsp3) is 0.167. The summed E-state index contributed by atoms with van der Waals surface area (Å²) in [4.78, 5) is 0. The Balaban J connectivity index is 0.00000140. The molecule has 2 aliphatic carbocycles. The molecule has 0 N–H and O–H groups in total. The normalized spacial score (nSPS) is 15.1. The van der Waals surface area contributed by atoms with E-state index >= 15 is 0 Å². The van der Waals surface area contributed by atoms with Gasteiger partial charge in [-0.3, -0.25) is 0 Å². The van der Waals surface area contributed by atoms with Crippen LogP contribution in [0, 0.1) is 0 Å². The van der Waals surface area contributed by atoms with Gasteiger partial charge in [0.15, 0.2) is 0 Å². The molecule has 0 spiro atoms. The minimum atomic E-state index is -2.00. The molecule has 0 atom stereocenters. The van der Waals surface area contributed by atoms with Crippen molar-refractivity contribution >= 4 is 16.3 Å². The van der Waals surface area contributed by atoms with E-state index in [2.05, 4.69) is 98.8 Å². The largest absolute Gasteiger partial charge is 1.00 e. The first kappa shape index (κ1) is 23.4. The minimum Gasteiger partial charge on any atom is -1.00 e. The average Bonchev–Trinajstić information content (AvgIpc) is 3.29. The van der Waals surface area contributed by atoms with Gasteiger partial charge in [-0.05, 0) is 0 Å². The Morgan fingerprint density at radius 3 is 1.36 bits per heavy atom. The number of benzene rings is 2. The van der Waals surface area contributed by atoms with Crippen molar-refractivity contribution in [2.75, 3.05) is 0 Å². The van der Waals surface area contributed by atoms with Gasteiger partial charge in [0.1, 0.15) is 0 Å². The van der Waals surface area contributed by atoms with Crippen LogP contribution in [-0.4, -0.2) is 5.92 Å². The predicted molar refractivity (Wildman–Crippen MR) is 112 cm³/mol. The molecule has 28 heavy (non-hydrogen) atoms. The van der Waals surface area contributed by atoms with Crippen LogP contribution in [0.4, 0.5) is 0 Å². The molecule has 0 bridgehead atoms. The molecule has 0 saturated carbocycles. The van der Waals surface area contributed by atoms with E-state index in [9.17, 15) is 0 Å². The third-order valence-corrected chi connectivity index (χ3v) is 27.7. The molecule has 2 aromatic rings. The zero-order chi connectivity index (χ0) is 17.9. The molecule has 2 aliphatic rings. The van der Waals surface area contributed by atoms with Crippen molar-refractivity contribution < 1.29 is 45.7 Å². The monoisotopic (exact) mass is 501 g/mol. The predicted octanol–water partition coefficient (Wildman–Crippen LogP) is -1.38. The number of halogens is 2. The van der Waals surface area contributed by atoms with Gasteiger partial charge >= 0.3 is 167 Å². The molecule has 0 aliphatic heterocycles. The summed E-state index contributed by atoms with van der Waals surface area (Å²) in [5.74, 6) is -1.25. The van der Waals surface area contributed by atoms with E-state index in [1.807, 2.05) is 6.56 Å². The molecule has 4 heteroatoms. The SMILES string of the molecule is CC1=[C]([Zr+2]([C]2=C(C)C=CC2)[SiH](c2ccccc2)c2ccccc2)CC=C1.[Cl-].[Cl-]. The first-order valence-electron chi connectivity index (χ1n) is 9.46. The van der Waals surface area contributed by atoms with Crippen molar-refractivity contribution in [1.82, 2.24) is 0 Å². The number of hydrogen-bond donors (Lipinski definition) is 0. The average molecular weight is 504 g/mol. The molecule has 0 heterocycles. The van der Waals surface area contributed by atoms with E-state index in [1.54, 1.807) is 21.5 Å². The Hall–Kier alpha value is -0.920. The Labute approximate surface area is 190 Å². The molecule has 2 aromatic carbocycles. The van der Waals surface area contributed by atoms with Crippen LogP contribution in [0.25, 0.3) is 0 Å². The standard InChI is InChI=1S/C12H11Si.2C6H7.2ClH.Zr/c1-3-7-11(8-4-1)13-12-9-5-2-6-10-12;2*1-6-4-2-3-5-6;;;/h1-10,13H;2*2,4H,3H2,1H3;2*1H;/q;;;;;+2/p-2. The zero-order valence-corrected chi connectivity index (χ0v) is 21.5. The van der Waals surface area contributed by atoms with Gasteiger partial charge in [-0.15, -0.1) is 0 Å². The summed E-state index contributed by atoms with van der Waals surface area (Å²) in [7, 11) is 0. The van der Waals surface area contributed by atoms with Gasteiger partial charge in [0.05, 0.1) is 0 Å². The van der Waals surface area contributed by atoms with E-state index in [-0.39, 0.29) is 24.8 Å². The quantitative estimate of drug-likeness (QED) is 0.442. The number of rotatable bonds is 5. The van der Waals surface area contributed by atoms with Crippen molar-refractivity contribution in [3.8, 4) is 0 Å². The first-order valence-corrected chi connectivity index (χ1v) is 17.9. The van der Waals surface area contributed by atoms with Crippen molar-refractivity contribution in [2.45, 2.75) is 26.7 Å². The molecule has 143 valence electrons. The second-order valence-corrected chi connectivity index (χ2v) is 22.1. The second-order valence-electron chi connectivity index (χ2n) is 7.20. The molecular formula is C24H25Cl2SiZr. The van der Waals surface area contributed by atoms with Crippen molar-refractivity contribution in [3.63, 3.8) is 0 Å².